The molecule has 1 atom stereocenters. The van der Waals surface area contributed by atoms with Gasteiger partial charge >= 0.3 is 0 Å². The van der Waals surface area contributed by atoms with E-state index in [0.29, 0.717) is 5.56 Å². The number of para-hydroxylation sites is 1. The predicted octanol–water partition coefficient (Wildman–Crippen LogP) is 3.16. The molecule has 1 saturated heterocycles. The molecule has 1 aromatic heterocycles. The lowest BCUT2D eigenvalue weighted by Crippen LogP contribution is -2.46. The molecule has 2 aromatic carbocycles. The summed E-state index contributed by atoms with van der Waals surface area (Å²) in [4.78, 5) is 19.6. The predicted molar refractivity (Wildman–Crippen MR) is 104 cm³/mol. The minimum atomic E-state index is -0.0147. The van der Waals surface area contributed by atoms with Gasteiger partial charge in [0, 0.05) is 23.8 Å². The van der Waals surface area contributed by atoms with Crippen LogP contribution in [-0.4, -0.2) is 46.5 Å². The summed E-state index contributed by atoms with van der Waals surface area (Å²) in [6.45, 7) is 4.01. The van der Waals surface area contributed by atoms with Crippen molar-refractivity contribution in [1.82, 2.24) is 19.8 Å². The van der Waals surface area contributed by atoms with Crippen LogP contribution in [0.5, 0.6) is 0 Å². The van der Waals surface area contributed by atoms with Crippen molar-refractivity contribution in [3.05, 3.63) is 59.9 Å². The molecule has 1 fully saturated rings. The van der Waals surface area contributed by atoms with Gasteiger partial charge in [-0.2, -0.15) is 0 Å². The number of likely N-dealkylation sites (tertiary alicyclic amines) is 1. The number of imidazole rings is 1. The third kappa shape index (κ3) is 3.22. The summed E-state index contributed by atoms with van der Waals surface area (Å²) >= 11 is 0. The smallest absolute Gasteiger partial charge is 0.251 e. The Morgan fingerprint density at radius 2 is 2.00 bits per heavy atom. The molecule has 1 aliphatic rings. The van der Waals surface area contributed by atoms with Gasteiger partial charge in [0.1, 0.15) is 5.82 Å². The Kier molecular flexibility index (Phi) is 4.47. The molecule has 5 nitrogen and oxygen atoms in total. The van der Waals surface area contributed by atoms with Gasteiger partial charge < -0.3 is 10.2 Å². The summed E-state index contributed by atoms with van der Waals surface area (Å²) in [5, 5.41) is 3.17. The van der Waals surface area contributed by atoms with Crippen LogP contribution in [0.25, 0.3) is 16.7 Å². The largest absolute Gasteiger partial charge is 0.348 e. The van der Waals surface area contributed by atoms with Gasteiger partial charge in [-0.05, 0) is 63.7 Å². The maximum atomic E-state index is 12.7. The number of hydrogen-bond acceptors (Lipinski definition) is 3. The number of amides is 1. The monoisotopic (exact) mass is 348 g/mol. The fourth-order valence-electron chi connectivity index (χ4n) is 3.80. The summed E-state index contributed by atoms with van der Waals surface area (Å²) in [5.74, 6) is 0.900. The number of likely N-dealkylation sites (N-methyl/N-ethyl adjacent to an activating group) is 1. The van der Waals surface area contributed by atoms with E-state index in [0.717, 1.165) is 48.5 Å². The number of nitrogens with one attached hydrogen (secondary N) is 1. The first kappa shape index (κ1) is 16.8. The van der Waals surface area contributed by atoms with Gasteiger partial charge in [0.25, 0.3) is 5.91 Å². The Hall–Kier alpha value is -2.66. The van der Waals surface area contributed by atoms with Gasteiger partial charge in [0.2, 0.25) is 0 Å². The molecule has 5 heteroatoms. The molecule has 4 rings (SSSR count). The van der Waals surface area contributed by atoms with E-state index in [-0.39, 0.29) is 11.9 Å². The Bertz CT molecular complexity index is 932. The van der Waals surface area contributed by atoms with Crippen LogP contribution in [0.3, 0.4) is 0 Å². The number of hydrogen-bond donors (Lipinski definition) is 1. The average Bonchev–Trinajstić information content (AvgIpc) is 2.97. The normalized spacial score (nSPS) is 18.2. The van der Waals surface area contributed by atoms with Crippen LogP contribution >= 0.6 is 0 Å². The minimum Gasteiger partial charge on any atom is -0.348 e. The van der Waals surface area contributed by atoms with E-state index in [2.05, 4.69) is 38.9 Å². The standard InChI is InChI=1S/C21H24N4O/c1-15-22-19-13-16(21(26)23-17-7-6-12-24(2)14-17)10-11-20(19)25(15)18-8-4-3-5-9-18/h3-5,8-11,13,17H,6-7,12,14H2,1-2H3,(H,23,26)/t17-/m1/s1. The van der Waals surface area contributed by atoms with Crippen LogP contribution in [0.4, 0.5) is 0 Å². The highest BCUT2D eigenvalue weighted by Crippen LogP contribution is 2.22. The van der Waals surface area contributed by atoms with Crippen molar-refractivity contribution in [1.29, 1.82) is 0 Å². The van der Waals surface area contributed by atoms with Gasteiger partial charge in [-0.3, -0.25) is 9.36 Å². The van der Waals surface area contributed by atoms with Crippen molar-refractivity contribution >= 4 is 16.9 Å². The quantitative estimate of drug-likeness (QED) is 0.791. The molecule has 1 amide bonds. The lowest BCUT2D eigenvalue weighted by atomic mass is 10.1. The molecule has 2 heterocycles. The van der Waals surface area contributed by atoms with Gasteiger partial charge in [0.15, 0.2) is 0 Å². The number of benzene rings is 2. The molecule has 0 spiro atoms. The van der Waals surface area contributed by atoms with E-state index in [1.165, 1.54) is 0 Å². The number of piperidine rings is 1. The maximum absolute atomic E-state index is 12.7. The zero-order valence-electron chi connectivity index (χ0n) is 15.3. The van der Waals surface area contributed by atoms with Crippen molar-refractivity contribution in [2.75, 3.05) is 20.1 Å². The molecular weight excluding hydrogens is 324 g/mol. The van der Waals surface area contributed by atoms with Gasteiger partial charge in [0.05, 0.1) is 11.0 Å². The molecule has 1 aliphatic heterocycles. The van der Waals surface area contributed by atoms with Crippen molar-refractivity contribution < 1.29 is 4.79 Å². The maximum Gasteiger partial charge on any atom is 0.251 e. The number of rotatable bonds is 3. The fraction of sp³-hybridized carbons (Fsp3) is 0.333. The molecule has 0 saturated carbocycles. The molecule has 134 valence electrons. The van der Waals surface area contributed by atoms with E-state index in [9.17, 15) is 4.79 Å². The fourth-order valence-corrected chi connectivity index (χ4v) is 3.80. The average molecular weight is 348 g/mol. The van der Waals surface area contributed by atoms with Crippen molar-refractivity contribution in [2.24, 2.45) is 0 Å². The molecule has 1 N–H and O–H groups in total. The van der Waals surface area contributed by atoms with E-state index >= 15 is 0 Å². The number of fused-ring (bicyclic) bond motifs is 1. The molecule has 0 unspecified atom stereocenters. The Labute approximate surface area is 153 Å². The number of carbonyl (C=O) groups is 1. The number of aryl methyl sites for hydroxylation is 1. The van der Waals surface area contributed by atoms with Crippen LogP contribution in [0.1, 0.15) is 29.0 Å². The SMILES string of the molecule is Cc1nc2cc(C(=O)N[C@@H]3CCCN(C)C3)ccc2n1-c1ccccc1. The van der Waals surface area contributed by atoms with E-state index in [1.807, 2.05) is 43.3 Å². The first-order chi connectivity index (χ1) is 12.6. The lowest BCUT2D eigenvalue weighted by Gasteiger charge is -2.30. The Morgan fingerprint density at radius 1 is 1.19 bits per heavy atom. The lowest BCUT2D eigenvalue weighted by molar-refractivity contribution is 0.0912. The highest BCUT2D eigenvalue weighted by molar-refractivity contribution is 5.97. The third-order valence-electron chi connectivity index (χ3n) is 5.06. The van der Waals surface area contributed by atoms with Gasteiger partial charge in [-0.25, -0.2) is 4.98 Å². The Morgan fingerprint density at radius 3 is 2.77 bits per heavy atom. The first-order valence-electron chi connectivity index (χ1n) is 9.16. The van der Waals surface area contributed by atoms with Crippen molar-refractivity contribution in [3.63, 3.8) is 0 Å². The molecule has 0 bridgehead atoms. The topological polar surface area (TPSA) is 50.2 Å². The second-order valence-electron chi connectivity index (χ2n) is 7.11. The number of carbonyl (C=O) groups excluding carboxylic acids is 1. The zero-order valence-corrected chi connectivity index (χ0v) is 15.3. The zero-order chi connectivity index (χ0) is 18.1. The second-order valence-corrected chi connectivity index (χ2v) is 7.11. The van der Waals surface area contributed by atoms with E-state index in [1.54, 1.807) is 0 Å². The molecule has 26 heavy (non-hydrogen) atoms. The molecule has 0 radical (unpaired) electrons. The number of aromatic nitrogens is 2. The summed E-state index contributed by atoms with van der Waals surface area (Å²) in [5.41, 5.74) is 3.61. The highest BCUT2D eigenvalue weighted by atomic mass is 16.1. The summed E-state index contributed by atoms with van der Waals surface area (Å²) in [6.07, 6.45) is 2.17. The number of nitrogens with zero attached hydrogens (tertiary/aromatic N) is 3. The van der Waals surface area contributed by atoms with E-state index in [4.69, 9.17) is 0 Å². The van der Waals surface area contributed by atoms with Gasteiger partial charge in [-0.1, -0.05) is 18.2 Å². The second kappa shape index (κ2) is 6.92. The van der Waals surface area contributed by atoms with Crippen LogP contribution in [0.2, 0.25) is 0 Å². The Balaban J connectivity index is 1.61. The van der Waals surface area contributed by atoms with Crippen LogP contribution in [0.15, 0.2) is 48.5 Å². The first-order valence-corrected chi connectivity index (χ1v) is 9.16. The summed E-state index contributed by atoms with van der Waals surface area (Å²) in [6, 6.07) is 16.2. The third-order valence-corrected chi connectivity index (χ3v) is 5.06. The van der Waals surface area contributed by atoms with Gasteiger partial charge in [-0.15, -0.1) is 0 Å². The molecular formula is C21H24N4O. The molecule has 0 aliphatic carbocycles. The summed E-state index contributed by atoms with van der Waals surface area (Å²) in [7, 11) is 2.10. The highest BCUT2D eigenvalue weighted by Gasteiger charge is 2.20. The van der Waals surface area contributed by atoms with Crippen molar-refractivity contribution in [2.45, 2.75) is 25.8 Å². The van der Waals surface area contributed by atoms with E-state index < -0.39 is 0 Å². The molecule has 3 aromatic rings. The van der Waals surface area contributed by atoms with Crippen molar-refractivity contribution in [3.8, 4) is 5.69 Å². The minimum absolute atomic E-state index is 0.0147. The van der Waals surface area contributed by atoms with Crippen LogP contribution < -0.4 is 5.32 Å². The van der Waals surface area contributed by atoms with Crippen LogP contribution in [0, 0.1) is 6.92 Å². The summed E-state index contributed by atoms with van der Waals surface area (Å²) < 4.78 is 2.12. The van der Waals surface area contributed by atoms with Crippen LogP contribution in [-0.2, 0) is 0 Å².